The molecule has 1 N–H and O–H groups in total. The lowest BCUT2D eigenvalue weighted by Gasteiger charge is -2.55. The summed E-state index contributed by atoms with van der Waals surface area (Å²) < 4.78 is 16.2. The van der Waals surface area contributed by atoms with Crippen LogP contribution in [0.3, 0.4) is 0 Å². The van der Waals surface area contributed by atoms with Gasteiger partial charge in [0.1, 0.15) is 11.5 Å². The van der Waals surface area contributed by atoms with E-state index in [1.54, 1.807) is 14.2 Å². The van der Waals surface area contributed by atoms with Crippen LogP contribution in [0.25, 0.3) is 0 Å². The number of hydrogen-bond donors (Lipinski definition) is 1. The van der Waals surface area contributed by atoms with Crippen molar-refractivity contribution in [2.75, 3.05) is 20.8 Å². The first-order valence-electron chi connectivity index (χ1n) is 10.6. The lowest BCUT2D eigenvalue weighted by Crippen LogP contribution is -2.51. The summed E-state index contributed by atoms with van der Waals surface area (Å²) in [6.07, 6.45) is 6.64. The number of methoxy groups -OCH3 is 2. The highest BCUT2D eigenvalue weighted by Crippen LogP contribution is 2.60. The standard InChI is InChI=1S/C23H31NO5/c1-14(19-9-18(27-2)4-5-20(19)28-3)24-21(25)13-29-22(26)23-10-15-6-16(11-23)8-17(7-15)12-23/h4-5,9,14-17H,6-8,10-13H2,1-3H3,(H,24,25)/t14-,15?,16?,17?,23?/m1/s1. The maximum atomic E-state index is 12.9. The van der Waals surface area contributed by atoms with Gasteiger partial charge in [0.25, 0.3) is 5.91 Å². The van der Waals surface area contributed by atoms with Gasteiger partial charge in [-0.2, -0.15) is 0 Å². The number of ether oxygens (including phenoxy) is 3. The summed E-state index contributed by atoms with van der Waals surface area (Å²) in [5, 5.41) is 2.90. The minimum absolute atomic E-state index is 0.168. The second-order valence-corrected chi connectivity index (χ2v) is 9.17. The maximum absolute atomic E-state index is 12.9. The van der Waals surface area contributed by atoms with Crippen LogP contribution >= 0.6 is 0 Å². The number of rotatable bonds is 7. The lowest BCUT2D eigenvalue weighted by molar-refractivity contribution is -0.173. The van der Waals surface area contributed by atoms with Gasteiger partial charge >= 0.3 is 5.97 Å². The molecule has 4 bridgehead atoms. The number of carbonyl (C=O) groups excluding carboxylic acids is 2. The molecule has 1 atom stereocenters. The van der Waals surface area contributed by atoms with Gasteiger partial charge in [-0.25, -0.2) is 0 Å². The molecule has 1 aromatic rings. The topological polar surface area (TPSA) is 73.9 Å². The molecule has 0 aromatic heterocycles. The fourth-order valence-corrected chi connectivity index (χ4v) is 6.18. The zero-order valence-corrected chi connectivity index (χ0v) is 17.5. The normalized spacial score (nSPS) is 30.5. The van der Waals surface area contributed by atoms with E-state index in [2.05, 4.69) is 5.32 Å². The highest BCUT2D eigenvalue weighted by molar-refractivity contribution is 5.83. The van der Waals surface area contributed by atoms with Crippen LogP contribution in [0.1, 0.15) is 57.1 Å². The highest BCUT2D eigenvalue weighted by atomic mass is 16.5. The average molecular weight is 402 g/mol. The predicted molar refractivity (Wildman–Crippen MR) is 108 cm³/mol. The number of esters is 1. The molecule has 6 nitrogen and oxygen atoms in total. The summed E-state index contributed by atoms with van der Waals surface area (Å²) in [5.74, 6) is 2.90. The molecule has 1 aromatic carbocycles. The third-order valence-electron chi connectivity index (χ3n) is 7.09. The van der Waals surface area contributed by atoms with Gasteiger partial charge in [-0.05, 0) is 81.4 Å². The first kappa shape index (κ1) is 20.0. The Kier molecular flexibility index (Phi) is 5.45. The first-order valence-corrected chi connectivity index (χ1v) is 10.6. The molecule has 0 unspecified atom stereocenters. The molecule has 0 heterocycles. The Morgan fingerprint density at radius 3 is 2.24 bits per heavy atom. The fourth-order valence-electron chi connectivity index (χ4n) is 6.18. The van der Waals surface area contributed by atoms with E-state index in [-0.39, 0.29) is 29.9 Å². The van der Waals surface area contributed by atoms with Crippen molar-refractivity contribution in [3.63, 3.8) is 0 Å². The molecule has 29 heavy (non-hydrogen) atoms. The van der Waals surface area contributed by atoms with E-state index in [0.717, 1.165) is 24.8 Å². The number of benzene rings is 1. The van der Waals surface area contributed by atoms with E-state index in [1.807, 2.05) is 25.1 Å². The van der Waals surface area contributed by atoms with Gasteiger partial charge in [0.2, 0.25) is 0 Å². The van der Waals surface area contributed by atoms with Crippen molar-refractivity contribution in [3.8, 4) is 11.5 Å². The molecule has 4 aliphatic carbocycles. The Labute approximate surface area is 172 Å². The molecule has 0 saturated heterocycles. The van der Waals surface area contributed by atoms with Crippen molar-refractivity contribution >= 4 is 11.9 Å². The second-order valence-electron chi connectivity index (χ2n) is 9.17. The van der Waals surface area contributed by atoms with Gasteiger partial charge in [0, 0.05) is 5.56 Å². The van der Waals surface area contributed by atoms with E-state index in [9.17, 15) is 9.59 Å². The van der Waals surface area contributed by atoms with Crippen LogP contribution in [0.15, 0.2) is 18.2 Å². The van der Waals surface area contributed by atoms with Crippen LogP contribution in [-0.4, -0.2) is 32.7 Å². The second kappa shape index (κ2) is 7.88. The lowest BCUT2D eigenvalue weighted by atomic mass is 9.49. The van der Waals surface area contributed by atoms with E-state index in [4.69, 9.17) is 14.2 Å². The zero-order chi connectivity index (χ0) is 20.6. The van der Waals surface area contributed by atoms with E-state index >= 15 is 0 Å². The molecule has 0 aliphatic heterocycles. The van der Waals surface area contributed by atoms with Crippen molar-refractivity contribution in [2.45, 2.75) is 51.5 Å². The largest absolute Gasteiger partial charge is 0.497 e. The quantitative estimate of drug-likeness (QED) is 0.706. The van der Waals surface area contributed by atoms with Crippen LogP contribution in [0.2, 0.25) is 0 Å². The summed E-state index contributed by atoms with van der Waals surface area (Å²) in [4.78, 5) is 25.4. The first-order chi connectivity index (χ1) is 13.9. The third kappa shape index (κ3) is 3.94. The Balaban J connectivity index is 1.34. The summed E-state index contributed by atoms with van der Waals surface area (Å²) >= 11 is 0. The SMILES string of the molecule is COc1ccc(OC)c([C@@H](C)NC(=O)COC(=O)C23CC4CC(CC(C4)C2)C3)c1. The molecule has 4 saturated carbocycles. The number of hydrogen-bond acceptors (Lipinski definition) is 5. The molecule has 4 aliphatic rings. The van der Waals surface area contributed by atoms with Crippen LogP contribution in [-0.2, 0) is 14.3 Å². The van der Waals surface area contributed by atoms with Crippen LogP contribution in [0, 0.1) is 23.2 Å². The monoisotopic (exact) mass is 401 g/mol. The number of nitrogens with one attached hydrogen (secondary N) is 1. The minimum atomic E-state index is -0.337. The third-order valence-corrected chi connectivity index (χ3v) is 7.09. The number of carbonyl (C=O) groups is 2. The molecule has 0 spiro atoms. The molecule has 158 valence electrons. The van der Waals surface area contributed by atoms with Crippen LogP contribution < -0.4 is 14.8 Å². The van der Waals surface area contributed by atoms with Gasteiger partial charge in [0.15, 0.2) is 6.61 Å². The van der Waals surface area contributed by atoms with Gasteiger partial charge in [0.05, 0.1) is 25.7 Å². The molecule has 1 amide bonds. The fraction of sp³-hybridized carbons (Fsp3) is 0.652. The average Bonchev–Trinajstić information content (AvgIpc) is 2.70. The molecular formula is C23H31NO5. The molecule has 5 rings (SSSR count). The van der Waals surface area contributed by atoms with Gasteiger partial charge in [-0.1, -0.05) is 0 Å². The van der Waals surface area contributed by atoms with Crippen molar-refractivity contribution < 1.29 is 23.8 Å². The van der Waals surface area contributed by atoms with Crippen molar-refractivity contribution in [2.24, 2.45) is 23.2 Å². The zero-order valence-electron chi connectivity index (χ0n) is 17.5. The Morgan fingerprint density at radius 1 is 1.07 bits per heavy atom. The van der Waals surface area contributed by atoms with Gasteiger partial charge in [-0.15, -0.1) is 0 Å². The molecule has 4 fully saturated rings. The minimum Gasteiger partial charge on any atom is -0.497 e. The van der Waals surface area contributed by atoms with Crippen molar-refractivity contribution in [3.05, 3.63) is 23.8 Å². The van der Waals surface area contributed by atoms with E-state index < -0.39 is 0 Å². The van der Waals surface area contributed by atoms with Crippen LogP contribution in [0.4, 0.5) is 0 Å². The molecular weight excluding hydrogens is 370 g/mol. The summed E-state index contributed by atoms with van der Waals surface area (Å²) in [6, 6.07) is 5.16. The van der Waals surface area contributed by atoms with E-state index in [1.165, 1.54) is 19.3 Å². The summed E-state index contributed by atoms with van der Waals surface area (Å²) in [6.45, 7) is 1.63. The maximum Gasteiger partial charge on any atom is 0.312 e. The molecule has 6 heteroatoms. The predicted octanol–water partition coefficient (Wildman–Crippen LogP) is 3.64. The number of amides is 1. The van der Waals surface area contributed by atoms with E-state index in [0.29, 0.717) is 29.3 Å². The summed E-state index contributed by atoms with van der Waals surface area (Å²) in [5.41, 5.74) is 0.476. The summed E-state index contributed by atoms with van der Waals surface area (Å²) in [7, 11) is 3.19. The van der Waals surface area contributed by atoms with Crippen molar-refractivity contribution in [1.29, 1.82) is 0 Å². The van der Waals surface area contributed by atoms with Gasteiger partial charge < -0.3 is 19.5 Å². The van der Waals surface area contributed by atoms with Gasteiger partial charge in [-0.3, -0.25) is 9.59 Å². The smallest absolute Gasteiger partial charge is 0.312 e. The molecule has 0 radical (unpaired) electrons. The highest BCUT2D eigenvalue weighted by Gasteiger charge is 2.55. The Bertz CT molecular complexity index is 754. The van der Waals surface area contributed by atoms with Crippen LogP contribution in [0.5, 0.6) is 11.5 Å². The Hall–Kier alpha value is -2.24. The van der Waals surface area contributed by atoms with Crippen molar-refractivity contribution in [1.82, 2.24) is 5.32 Å². The Morgan fingerprint density at radius 2 is 1.69 bits per heavy atom.